The molecular weight excluding hydrogens is 136 g/mol. The summed E-state index contributed by atoms with van der Waals surface area (Å²) in [5, 5.41) is 7.12. The largest absolute Gasteiger partial charge is 0.449 e. The molecule has 0 saturated carbocycles. The number of nitrogens with zero attached hydrogens (tertiary/aromatic N) is 1. The Labute approximate surface area is 58.0 Å². The van der Waals surface area contributed by atoms with Crippen LogP contribution in [0.3, 0.4) is 0 Å². The van der Waals surface area contributed by atoms with E-state index in [1.807, 2.05) is 0 Å². The number of hydrogen-bond acceptors (Lipinski definition) is 3. The fourth-order valence-corrected chi connectivity index (χ4v) is 0.575. The molecule has 1 rings (SSSR count). The lowest BCUT2D eigenvalue weighted by Gasteiger charge is -1.81. The molecule has 0 atom stereocenters. The maximum atomic E-state index is 6.99. The van der Waals surface area contributed by atoms with E-state index >= 15 is 0 Å². The molecule has 0 radical (unpaired) electrons. The first-order valence-electron chi connectivity index (χ1n) is 2.40. The molecular formula is C5H6N2OS. The molecule has 1 N–H and O–H groups in total. The molecule has 0 unspecified atom stereocenters. The third kappa shape index (κ3) is 1.32. The normalized spacial score (nSPS) is 9.56. The predicted molar refractivity (Wildman–Crippen MR) is 37.1 cm³/mol. The molecule has 1 aromatic heterocycles. The summed E-state index contributed by atoms with van der Waals surface area (Å²) in [7, 11) is 0. The molecule has 0 aromatic carbocycles. The first kappa shape index (κ1) is 6.35. The van der Waals surface area contributed by atoms with Crippen molar-refractivity contribution < 1.29 is 4.42 Å². The number of aryl methyl sites for hydroxylation is 1. The summed E-state index contributed by atoms with van der Waals surface area (Å²) in [4.78, 5) is 3.84. The average Bonchev–Trinajstić information content (AvgIpc) is 2.14. The SMILES string of the molecule is Cc1nc(C(=N)S)co1. The molecule has 0 aliphatic carbocycles. The zero-order chi connectivity index (χ0) is 6.85. The first-order chi connectivity index (χ1) is 4.20. The van der Waals surface area contributed by atoms with Gasteiger partial charge in [0, 0.05) is 6.92 Å². The van der Waals surface area contributed by atoms with Gasteiger partial charge in [-0.15, -0.1) is 12.6 Å². The number of hydrogen-bond donors (Lipinski definition) is 2. The Morgan fingerprint density at radius 1 is 1.89 bits per heavy atom. The van der Waals surface area contributed by atoms with Gasteiger partial charge in [0.25, 0.3) is 0 Å². The summed E-state index contributed by atoms with van der Waals surface area (Å²) >= 11 is 3.76. The molecule has 48 valence electrons. The highest BCUT2D eigenvalue weighted by Gasteiger charge is 1.99. The maximum absolute atomic E-state index is 6.99. The molecule has 0 aliphatic rings. The average molecular weight is 142 g/mol. The minimum atomic E-state index is 0.131. The molecule has 4 heteroatoms. The van der Waals surface area contributed by atoms with Crippen molar-refractivity contribution in [3.05, 3.63) is 17.8 Å². The number of aromatic nitrogens is 1. The second-order valence-electron chi connectivity index (χ2n) is 1.60. The number of rotatable bonds is 1. The molecule has 0 bridgehead atoms. The van der Waals surface area contributed by atoms with Crippen LogP contribution in [0.1, 0.15) is 11.6 Å². The second-order valence-corrected chi connectivity index (χ2v) is 2.05. The van der Waals surface area contributed by atoms with E-state index in [9.17, 15) is 0 Å². The van der Waals surface area contributed by atoms with E-state index in [1.165, 1.54) is 6.26 Å². The van der Waals surface area contributed by atoms with E-state index in [4.69, 9.17) is 9.83 Å². The van der Waals surface area contributed by atoms with Gasteiger partial charge in [-0.3, -0.25) is 5.41 Å². The van der Waals surface area contributed by atoms with Crippen molar-refractivity contribution in [3.63, 3.8) is 0 Å². The van der Waals surface area contributed by atoms with Crippen molar-refractivity contribution in [2.45, 2.75) is 6.92 Å². The monoisotopic (exact) mass is 142 g/mol. The Balaban J connectivity index is 2.98. The standard InChI is InChI=1S/C5H6N2OS/c1-3-7-4(2-8-3)5(6)9/h2H,1H3,(H2,6,9). The van der Waals surface area contributed by atoms with Crippen molar-refractivity contribution in [2.24, 2.45) is 0 Å². The van der Waals surface area contributed by atoms with Gasteiger partial charge in [0.05, 0.1) is 0 Å². The van der Waals surface area contributed by atoms with Crippen LogP contribution >= 0.6 is 12.6 Å². The van der Waals surface area contributed by atoms with Gasteiger partial charge in [-0.1, -0.05) is 0 Å². The summed E-state index contributed by atoms with van der Waals surface area (Å²) in [6, 6.07) is 0. The van der Waals surface area contributed by atoms with Crippen molar-refractivity contribution >= 4 is 17.7 Å². The van der Waals surface area contributed by atoms with Crippen molar-refractivity contribution in [2.75, 3.05) is 0 Å². The Morgan fingerprint density at radius 2 is 2.56 bits per heavy atom. The number of nitrogens with one attached hydrogen (secondary N) is 1. The highest BCUT2D eigenvalue weighted by molar-refractivity contribution is 7.97. The van der Waals surface area contributed by atoms with Crippen LogP contribution in [-0.4, -0.2) is 10.0 Å². The van der Waals surface area contributed by atoms with Gasteiger partial charge >= 0.3 is 0 Å². The zero-order valence-corrected chi connectivity index (χ0v) is 5.77. The van der Waals surface area contributed by atoms with Crippen molar-refractivity contribution in [3.8, 4) is 0 Å². The fourth-order valence-electron chi connectivity index (χ4n) is 0.472. The summed E-state index contributed by atoms with van der Waals surface area (Å²) in [6.07, 6.45) is 1.41. The lowest BCUT2D eigenvalue weighted by molar-refractivity contribution is 0.521. The van der Waals surface area contributed by atoms with Crippen LogP contribution in [0, 0.1) is 12.3 Å². The predicted octanol–water partition coefficient (Wildman–Crippen LogP) is 1.24. The summed E-state index contributed by atoms with van der Waals surface area (Å²) in [5.74, 6) is 0.559. The zero-order valence-electron chi connectivity index (χ0n) is 4.88. The minimum Gasteiger partial charge on any atom is -0.449 e. The van der Waals surface area contributed by atoms with Crippen LogP contribution in [0.5, 0.6) is 0 Å². The Hall–Kier alpha value is -0.770. The Kier molecular flexibility index (Phi) is 1.57. The third-order valence-electron chi connectivity index (χ3n) is 0.862. The van der Waals surface area contributed by atoms with Crippen LogP contribution < -0.4 is 0 Å². The second kappa shape index (κ2) is 2.23. The van der Waals surface area contributed by atoms with Gasteiger partial charge in [-0.25, -0.2) is 4.98 Å². The van der Waals surface area contributed by atoms with Crippen LogP contribution in [0.2, 0.25) is 0 Å². The smallest absolute Gasteiger partial charge is 0.191 e. The van der Waals surface area contributed by atoms with Gasteiger partial charge in [0.2, 0.25) is 0 Å². The quantitative estimate of drug-likeness (QED) is 0.352. The van der Waals surface area contributed by atoms with Crippen LogP contribution in [0.15, 0.2) is 10.7 Å². The molecule has 0 fully saturated rings. The highest BCUT2D eigenvalue weighted by Crippen LogP contribution is 2.02. The van der Waals surface area contributed by atoms with E-state index in [0.717, 1.165) is 0 Å². The summed E-state index contributed by atoms with van der Waals surface area (Å²) in [6.45, 7) is 1.72. The van der Waals surface area contributed by atoms with Gasteiger partial charge in [-0.2, -0.15) is 0 Å². The molecule has 1 heterocycles. The summed E-state index contributed by atoms with van der Waals surface area (Å²) < 4.78 is 4.82. The lowest BCUT2D eigenvalue weighted by atomic mass is 10.5. The van der Waals surface area contributed by atoms with Crippen LogP contribution in [-0.2, 0) is 0 Å². The first-order valence-corrected chi connectivity index (χ1v) is 2.85. The molecule has 0 spiro atoms. The Morgan fingerprint density at radius 3 is 2.78 bits per heavy atom. The van der Waals surface area contributed by atoms with E-state index < -0.39 is 0 Å². The highest BCUT2D eigenvalue weighted by atomic mass is 32.1. The van der Waals surface area contributed by atoms with E-state index in [0.29, 0.717) is 11.6 Å². The number of thiol groups is 1. The van der Waals surface area contributed by atoms with Crippen LogP contribution in [0.4, 0.5) is 0 Å². The molecule has 9 heavy (non-hydrogen) atoms. The van der Waals surface area contributed by atoms with Crippen molar-refractivity contribution in [1.29, 1.82) is 5.41 Å². The van der Waals surface area contributed by atoms with Gasteiger partial charge in [0.1, 0.15) is 17.0 Å². The number of oxazole rings is 1. The maximum Gasteiger partial charge on any atom is 0.191 e. The molecule has 1 aromatic rings. The van der Waals surface area contributed by atoms with E-state index in [-0.39, 0.29) is 5.04 Å². The van der Waals surface area contributed by atoms with Crippen LogP contribution in [0.25, 0.3) is 0 Å². The molecule has 0 amide bonds. The van der Waals surface area contributed by atoms with E-state index in [2.05, 4.69) is 17.6 Å². The molecule has 0 saturated heterocycles. The molecule has 3 nitrogen and oxygen atoms in total. The summed E-state index contributed by atoms with van der Waals surface area (Å²) in [5.41, 5.74) is 0.482. The van der Waals surface area contributed by atoms with Gasteiger partial charge < -0.3 is 4.42 Å². The molecule has 0 aliphatic heterocycles. The topological polar surface area (TPSA) is 49.9 Å². The van der Waals surface area contributed by atoms with E-state index in [1.54, 1.807) is 6.92 Å². The van der Waals surface area contributed by atoms with Gasteiger partial charge in [-0.05, 0) is 0 Å². The van der Waals surface area contributed by atoms with Crippen molar-refractivity contribution in [1.82, 2.24) is 4.98 Å². The Bertz CT molecular complexity index is 231. The lowest BCUT2D eigenvalue weighted by Crippen LogP contribution is -1.87. The minimum absolute atomic E-state index is 0.131. The van der Waals surface area contributed by atoms with Gasteiger partial charge in [0.15, 0.2) is 5.89 Å². The third-order valence-corrected chi connectivity index (χ3v) is 1.09. The fraction of sp³-hybridized carbons (Fsp3) is 0.200.